The van der Waals surface area contributed by atoms with E-state index in [2.05, 4.69) is 54.9 Å². The molecule has 3 aromatic rings. The van der Waals surface area contributed by atoms with Crippen LogP contribution >= 0.6 is 0 Å². The van der Waals surface area contributed by atoms with Crippen LogP contribution in [0.5, 0.6) is 0 Å². The molecule has 0 radical (unpaired) electrons. The number of hydrogen-bond acceptors (Lipinski definition) is 7. The van der Waals surface area contributed by atoms with Gasteiger partial charge in [0.05, 0.1) is 17.9 Å². The third-order valence-corrected chi connectivity index (χ3v) is 7.58. The zero-order valence-corrected chi connectivity index (χ0v) is 19.9. The molecule has 0 bridgehead atoms. The Labute approximate surface area is 199 Å². The number of piperazine rings is 1. The lowest BCUT2D eigenvalue weighted by Crippen LogP contribution is -2.48. The Hall–Kier alpha value is -3.20. The fraction of sp³-hybridized carbons (Fsp3) is 0.520. The summed E-state index contributed by atoms with van der Waals surface area (Å²) in [6.07, 6.45) is 8.13. The van der Waals surface area contributed by atoms with Crippen LogP contribution in [-0.4, -0.2) is 68.6 Å². The number of nitrogens with zero attached hydrogens (tertiary/aromatic N) is 6. The number of aromatic nitrogens is 4. The van der Waals surface area contributed by atoms with E-state index >= 15 is 0 Å². The summed E-state index contributed by atoms with van der Waals surface area (Å²) in [5.74, 6) is 1.20. The number of anilines is 3. The predicted octanol–water partition coefficient (Wildman–Crippen LogP) is 3.33. The van der Waals surface area contributed by atoms with Crippen LogP contribution in [0.15, 0.2) is 30.6 Å². The fourth-order valence-corrected chi connectivity index (χ4v) is 5.67. The van der Waals surface area contributed by atoms with Crippen LogP contribution in [0.1, 0.15) is 56.1 Å². The van der Waals surface area contributed by atoms with Gasteiger partial charge < -0.3 is 20.1 Å². The fourth-order valence-electron chi connectivity index (χ4n) is 5.67. The average molecular weight is 461 g/mol. The molecule has 1 aliphatic carbocycles. The van der Waals surface area contributed by atoms with Gasteiger partial charge in [0.1, 0.15) is 17.2 Å². The van der Waals surface area contributed by atoms with Crippen molar-refractivity contribution >= 4 is 34.4 Å². The van der Waals surface area contributed by atoms with Crippen molar-refractivity contribution in [2.45, 2.75) is 57.7 Å². The van der Waals surface area contributed by atoms with Crippen molar-refractivity contribution in [2.75, 3.05) is 36.4 Å². The van der Waals surface area contributed by atoms with Gasteiger partial charge in [-0.3, -0.25) is 9.69 Å². The highest BCUT2D eigenvalue weighted by Crippen LogP contribution is 2.36. The molecule has 0 unspecified atom stereocenters. The van der Waals surface area contributed by atoms with Crippen molar-refractivity contribution in [1.82, 2.24) is 29.7 Å². The lowest BCUT2D eigenvalue weighted by molar-refractivity contribution is 0.0855. The normalized spacial score (nSPS) is 23.0. The Bertz CT molecular complexity index is 1200. The summed E-state index contributed by atoms with van der Waals surface area (Å²) in [5.41, 5.74) is 2.64. The van der Waals surface area contributed by atoms with E-state index in [-0.39, 0.29) is 18.0 Å². The number of amides is 1. The van der Waals surface area contributed by atoms with Gasteiger partial charge in [-0.25, -0.2) is 9.97 Å². The largest absolute Gasteiger partial charge is 0.368 e. The third kappa shape index (κ3) is 3.77. The van der Waals surface area contributed by atoms with Crippen molar-refractivity contribution in [3.63, 3.8) is 0 Å². The monoisotopic (exact) mass is 460 g/mol. The minimum Gasteiger partial charge on any atom is -0.368 e. The van der Waals surface area contributed by atoms with Gasteiger partial charge in [-0.05, 0) is 44.9 Å². The lowest BCUT2D eigenvalue weighted by Gasteiger charge is -2.38. The SMILES string of the molecule is CC(C)N1CCN(c2ccc(Nc3ncc4cc5n(c4n3)[C@@H]3CCCC[C@H]3NC5=O)nc2)CC1. The number of fused-ring (bicyclic) bond motifs is 5. The minimum atomic E-state index is -0.0119. The van der Waals surface area contributed by atoms with Crippen molar-refractivity contribution in [3.05, 3.63) is 36.3 Å². The molecule has 1 amide bonds. The topological polar surface area (TPSA) is 91.2 Å². The quantitative estimate of drug-likeness (QED) is 0.617. The maximum atomic E-state index is 12.7. The van der Waals surface area contributed by atoms with E-state index in [0.717, 1.165) is 62.2 Å². The zero-order chi connectivity index (χ0) is 23.2. The van der Waals surface area contributed by atoms with E-state index in [1.165, 1.54) is 6.42 Å². The van der Waals surface area contributed by atoms with Gasteiger partial charge in [-0.15, -0.1) is 0 Å². The molecule has 5 heterocycles. The van der Waals surface area contributed by atoms with E-state index in [4.69, 9.17) is 4.98 Å². The molecule has 1 saturated carbocycles. The van der Waals surface area contributed by atoms with Gasteiger partial charge in [0, 0.05) is 49.8 Å². The minimum absolute atomic E-state index is 0.0119. The lowest BCUT2D eigenvalue weighted by atomic mass is 9.88. The van der Waals surface area contributed by atoms with E-state index < -0.39 is 0 Å². The Kier molecular flexibility index (Phi) is 5.36. The molecule has 2 atom stereocenters. The highest BCUT2D eigenvalue weighted by molar-refractivity contribution is 5.99. The van der Waals surface area contributed by atoms with E-state index in [1.54, 1.807) is 6.20 Å². The molecule has 2 fully saturated rings. The van der Waals surface area contributed by atoms with Gasteiger partial charge in [0.2, 0.25) is 5.95 Å². The Morgan fingerprint density at radius 2 is 1.88 bits per heavy atom. The molecule has 1 saturated heterocycles. The van der Waals surface area contributed by atoms with Gasteiger partial charge in [-0.1, -0.05) is 12.8 Å². The van der Waals surface area contributed by atoms with E-state index in [1.807, 2.05) is 18.3 Å². The van der Waals surface area contributed by atoms with Crippen LogP contribution in [0.25, 0.3) is 11.0 Å². The summed E-state index contributed by atoms with van der Waals surface area (Å²) in [4.78, 5) is 31.5. The molecular weight excluding hydrogens is 428 g/mol. The highest BCUT2D eigenvalue weighted by Gasteiger charge is 2.36. The molecule has 34 heavy (non-hydrogen) atoms. The zero-order valence-electron chi connectivity index (χ0n) is 19.9. The van der Waals surface area contributed by atoms with Gasteiger partial charge in [0.25, 0.3) is 5.91 Å². The highest BCUT2D eigenvalue weighted by atomic mass is 16.2. The van der Waals surface area contributed by atoms with Gasteiger partial charge in [0.15, 0.2) is 0 Å². The van der Waals surface area contributed by atoms with Crippen molar-refractivity contribution in [1.29, 1.82) is 0 Å². The summed E-state index contributed by atoms with van der Waals surface area (Å²) in [7, 11) is 0. The van der Waals surface area contributed by atoms with Crippen LogP contribution in [0, 0.1) is 0 Å². The standard InChI is InChI=1S/C25H32N8O/c1-16(2)31-9-11-32(12-10-31)18-7-8-22(26-15-18)29-25-27-14-17-13-21-24(34)28-19-5-3-4-6-20(19)33(21)23(17)30-25/h7-8,13-16,19-20H,3-6,9-12H2,1-2H3,(H,28,34)(H,26,27,29,30)/t19-,20-/m1/s1. The van der Waals surface area contributed by atoms with Crippen LogP contribution in [0.4, 0.5) is 17.5 Å². The Balaban J connectivity index is 1.21. The second kappa shape index (κ2) is 8.54. The van der Waals surface area contributed by atoms with Crippen LogP contribution in [0.2, 0.25) is 0 Å². The number of hydrogen-bond donors (Lipinski definition) is 2. The first-order valence-corrected chi connectivity index (χ1v) is 12.5. The first kappa shape index (κ1) is 21.3. The summed E-state index contributed by atoms with van der Waals surface area (Å²) >= 11 is 0. The summed E-state index contributed by atoms with van der Waals surface area (Å²) < 4.78 is 2.14. The van der Waals surface area contributed by atoms with E-state index in [9.17, 15) is 4.79 Å². The second-order valence-corrected chi connectivity index (χ2v) is 9.95. The van der Waals surface area contributed by atoms with Gasteiger partial charge in [-0.2, -0.15) is 4.98 Å². The molecule has 0 spiro atoms. The number of pyridine rings is 1. The first-order valence-electron chi connectivity index (χ1n) is 12.5. The second-order valence-electron chi connectivity index (χ2n) is 9.95. The van der Waals surface area contributed by atoms with Gasteiger partial charge >= 0.3 is 0 Å². The number of carbonyl (C=O) groups excluding carboxylic acids is 1. The summed E-state index contributed by atoms with van der Waals surface area (Å²) in [6.45, 7) is 8.69. The van der Waals surface area contributed by atoms with Crippen molar-refractivity contribution < 1.29 is 4.79 Å². The summed E-state index contributed by atoms with van der Waals surface area (Å²) in [6, 6.07) is 7.03. The number of rotatable bonds is 4. The first-order chi connectivity index (χ1) is 16.6. The number of nitrogens with one attached hydrogen (secondary N) is 2. The van der Waals surface area contributed by atoms with E-state index in [0.29, 0.717) is 23.5 Å². The van der Waals surface area contributed by atoms with Crippen molar-refractivity contribution in [2.24, 2.45) is 0 Å². The Morgan fingerprint density at radius 1 is 1.06 bits per heavy atom. The molecular formula is C25H32N8O. The smallest absolute Gasteiger partial charge is 0.268 e. The maximum absolute atomic E-state index is 12.7. The molecule has 9 nitrogen and oxygen atoms in total. The molecule has 0 aromatic carbocycles. The molecule has 3 aliphatic rings. The van der Waals surface area contributed by atoms with Crippen LogP contribution in [0.3, 0.4) is 0 Å². The average Bonchev–Trinajstić information content (AvgIpc) is 3.25. The molecule has 2 aliphatic heterocycles. The predicted molar refractivity (Wildman–Crippen MR) is 133 cm³/mol. The molecule has 9 heteroatoms. The Morgan fingerprint density at radius 3 is 2.65 bits per heavy atom. The maximum Gasteiger partial charge on any atom is 0.268 e. The van der Waals surface area contributed by atoms with Crippen LogP contribution in [-0.2, 0) is 0 Å². The molecule has 2 N–H and O–H groups in total. The molecule has 178 valence electrons. The molecule has 3 aromatic heterocycles. The van der Waals surface area contributed by atoms with Crippen molar-refractivity contribution in [3.8, 4) is 0 Å². The third-order valence-electron chi connectivity index (χ3n) is 7.58. The van der Waals surface area contributed by atoms with Crippen LogP contribution < -0.4 is 15.5 Å². The number of carbonyl (C=O) groups is 1. The molecule has 6 rings (SSSR count). The summed E-state index contributed by atoms with van der Waals surface area (Å²) in [5, 5.41) is 7.34.